The van der Waals surface area contributed by atoms with Gasteiger partial charge < -0.3 is 0 Å². The minimum Gasteiger partial charge on any atom is -0.249 e. The molecule has 0 aliphatic rings. The van der Waals surface area contributed by atoms with Crippen molar-refractivity contribution in [2.45, 2.75) is 10.8 Å². The Morgan fingerprint density at radius 2 is 2.33 bits per heavy atom. The zero-order chi connectivity index (χ0) is 10.7. The van der Waals surface area contributed by atoms with Crippen LogP contribution in [0.15, 0.2) is 33.2 Å². The van der Waals surface area contributed by atoms with Gasteiger partial charge >= 0.3 is 0 Å². The van der Waals surface area contributed by atoms with Crippen LogP contribution in [0.25, 0.3) is 0 Å². The summed E-state index contributed by atoms with van der Waals surface area (Å²) < 4.78 is 1.58. The van der Waals surface area contributed by atoms with E-state index in [-0.39, 0.29) is 0 Å². The highest BCUT2D eigenvalue weighted by Gasteiger charge is 2.01. The van der Waals surface area contributed by atoms with Crippen LogP contribution in [0.4, 0.5) is 0 Å². The van der Waals surface area contributed by atoms with Crippen molar-refractivity contribution in [3.8, 4) is 0 Å². The Balaban J connectivity index is 1.96. The molecule has 6 heteroatoms. The summed E-state index contributed by atoms with van der Waals surface area (Å²) in [6.07, 6.45) is 1.79. The molecule has 78 valence electrons. The number of hydrogen-bond acceptors (Lipinski definition) is 4. The molecular formula is C9H6BrClN2S2. The molecule has 2 nitrogen and oxygen atoms in total. The Labute approximate surface area is 109 Å². The molecule has 0 amide bonds. The summed E-state index contributed by atoms with van der Waals surface area (Å²) in [5, 5.41) is 2.95. The fraction of sp³-hybridized carbons (Fsp3) is 0.111. The molecule has 0 spiro atoms. The van der Waals surface area contributed by atoms with Crippen LogP contribution in [0, 0.1) is 0 Å². The fourth-order valence-electron chi connectivity index (χ4n) is 0.944. The van der Waals surface area contributed by atoms with Gasteiger partial charge in [-0.05, 0) is 28.1 Å². The highest BCUT2D eigenvalue weighted by Crippen LogP contribution is 2.24. The first-order chi connectivity index (χ1) is 7.24. The van der Waals surface area contributed by atoms with E-state index in [1.54, 1.807) is 18.0 Å². The van der Waals surface area contributed by atoms with Gasteiger partial charge in [0.2, 0.25) is 0 Å². The van der Waals surface area contributed by atoms with Crippen molar-refractivity contribution in [2.75, 3.05) is 0 Å². The van der Waals surface area contributed by atoms with Crippen molar-refractivity contribution in [3.63, 3.8) is 0 Å². The quantitative estimate of drug-likeness (QED) is 0.791. The molecule has 0 N–H and O–H groups in total. The third kappa shape index (κ3) is 3.45. The van der Waals surface area contributed by atoms with E-state index in [1.807, 2.05) is 17.5 Å². The summed E-state index contributed by atoms with van der Waals surface area (Å²) in [7, 11) is 0. The summed E-state index contributed by atoms with van der Waals surface area (Å²) in [6.45, 7) is 0. The Hall–Kier alpha value is -0.100. The third-order valence-corrected chi connectivity index (χ3v) is 4.07. The van der Waals surface area contributed by atoms with Crippen LogP contribution >= 0.6 is 50.6 Å². The Bertz CT molecular complexity index is 444. The normalized spacial score (nSPS) is 10.5. The molecular weight excluding hydrogens is 316 g/mol. The molecule has 0 saturated heterocycles. The Kier molecular flexibility index (Phi) is 4.02. The van der Waals surface area contributed by atoms with Crippen molar-refractivity contribution < 1.29 is 0 Å². The average molecular weight is 322 g/mol. The first-order valence-corrected chi connectivity index (χ1v) is 7.12. The van der Waals surface area contributed by atoms with E-state index in [9.17, 15) is 0 Å². The number of thiazole rings is 1. The summed E-state index contributed by atoms with van der Waals surface area (Å²) in [5.74, 6) is 0.803. The maximum absolute atomic E-state index is 5.74. The lowest BCUT2D eigenvalue weighted by Crippen LogP contribution is -1.82. The second-order valence-corrected chi connectivity index (χ2v) is 6.05. The van der Waals surface area contributed by atoms with Gasteiger partial charge in [-0.15, -0.1) is 23.1 Å². The number of hydrogen-bond donors (Lipinski definition) is 0. The van der Waals surface area contributed by atoms with Gasteiger partial charge in [-0.1, -0.05) is 11.6 Å². The van der Waals surface area contributed by atoms with Gasteiger partial charge in [-0.2, -0.15) is 0 Å². The lowest BCUT2D eigenvalue weighted by Gasteiger charge is -1.97. The topological polar surface area (TPSA) is 25.8 Å². The van der Waals surface area contributed by atoms with Crippen LogP contribution in [-0.4, -0.2) is 9.97 Å². The van der Waals surface area contributed by atoms with Crippen LogP contribution < -0.4 is 0 Å². The van der Waals surface area contributed by atoms with Crippen LogP contribution in [0.2, 0.25) is 4.47 Å². The van der Waals surface area contributed by atoms with Crippen LogP contribution in [0.1, 0.15) is 5.69 Å². The standard InChI is InChI=1S/C9H6BrClN2S2/c10-6-1-2-8(12-3-6)14-4-7-5-15-9(11)13-7/h1-3,5H,4H2. The van der Waals surface area contributed by atoms with Gasteiger partial charge in [0.25, 0.3) is 0 Å². The van der Waals surface area contributed by atoms with Gasteiger partial charge in [0.1, 0.15) is 0 Å². The molecule has 2 aromatic rings. The van der Waals surface area contributed by atoms with E-state index >= 15 is 0 Å². The van der Waals surface area contributed by atoms with E-state index in [4.69, 9.17) is 11.6 Å². The molecule has 0 unspecified atom stereocenters. The first-order valence-electron chi connectivity index (χ1n) is 4.08. The van der Waals surface area contributed by atoms with E-state index in [0.29, 0.717) is 4.47 Å². The van der Waals surface area contributed by atoms with Gasteiger partial charge in [0.15, 0.2) is 4.47 Å². The van der Waals surface area contributed by atoms with Crippen LogP contribution in [0.5, 0.6) is 0 Å². The number of nitrogens with zero attached hydrogens (tertiary/aromatic N) is 2. The summed E-state index contributed by atoms with van der Waals surface area (Å²) in [6, 6.07) is 3.95. The number of thioether (sulfide) groups is 1. The van der Waals surface area contributed by atoms with Crippen molar-refractivity contribution in [2.24, 2.45) is 0 Å². The lowest BCUT2D eigenvalue weighted by molar-refractivity contribution is 1.12. The Morgan fingerprint density at radius 1 is 1.47 bits per heavy atom. The summed E-state index contributed by atoms with van der Waals surface area (Å²) in [5.41, 5.74) is 1.000. The molecule has 0 aliphatic heterocycles. The predicted molar refractivity (Wildman–Crippen MR) is 68.6 cm³/mol. The zero-order valence-electron chi connectivity index (χ0n) is 7.48. The highest BCUT2D eigenvalue weighted by molar-refractivity contribution is 9.10. The molecule has 0 fully saturated rings. The Morgan fingerprint density at radius 3 is 2.93 bits per heavy atom. The summed E-state index contributed by atoms with van der Waals surface area (Å²) >= 11 is 12.2. The van der Waals surface area contributed by atoms with Gasteiger partial charge in [-0.25, -0.2) is 9.97 Å². The molecule has 0 aliphatic carbocycles. The van der Waals surface area contributed by atoms with Gasteiger partial charge in [0.05, 0.1) is 10.7 Å². The summed E-state index contributed by atoms with van der Waals surface area (Å²) in [4.78, 5) is 8.43. The smallest absolute Gasteiger partial charge is 0.183 e. The van der Waals surface area contributed by atoms with E-state index in [0.717, 1.165) is 20.9 Å². The maximum Gasteiger partial charge on any atom is 0.183 e. The molecule has 0 atom stereocenters. The fourth-order valence-corrected chi connectivity index (χ4v) is 2.80. The monoisotopic (exact) mass is 320 g/mol. The highest BCUT2D eigenvalue weighted by atomic mass is 79.9. The first kappa shape index (κ1) is 11.4. The second kappa shape index (κ2) is 5.30. The SMILES string of the molecule is Clc1nc(CSc2ccc(Br)cn2)cs1. The molecule has 0 bridgehead atoms. The molecule has 2 aromatic heterocycles. The molecule has 2 rings (SSSR count). The van der Waals surface area contributed by atoms with Crippen molar-refractivity contribution in [1.82, 2.24) is 9.97 Å². The largest absolute Gasteiger partial charge is 0.249 e. The third-order valence-electron chi connectivity index (χ3n) is 1.59. The molecule has 15 heavy (non-hydrogen) atoms. The van der Waals surface area contributed by atoms with E-state index < -0.39 is 0 Å². The number of pyridine rings is 1. The van der Waals surface area contributed by atoms with E-state index in [1.165, 1.54) is 11.3 Å². The molecule has 2 heterocycles. The van der Waals surface area contributed by atoms with Crippen molar-refractivity contribution in [1.29, 1.82) is 0 Å². The number of halogens is 2. The number of rotatable bonds is 3. The minimum atomic E-state index is 0.592. The maximum atomic E-state index is 5.74. The predicted octanol–water partition coefficient (Wildman–Crippen LogP) is 4.25. The minimum absolute atomic E-state index is 0.592. The molecule has 0 radical (unpaired) electrons. The zero-order valence-corrected chi connectivity index (χ0v) is 11.5. The van der Waals surface area contributed by atoms with Gasteiger partial charge in [0, 0.05) is 21.8 Å². The van der Waals surface area contributed by atoms with Crippen molar-refractivity contribution in [3.05, 3.63) is 38.3 Å². The van der Waals surface area contributed by atoms with Crippen LogP contribution in [-0.2, 0) is 5.75 Å². The van der Waals surface area contributed by atoms with E-state index in [2.05, 4.69) is 25.9 Å². The number of aromatic nitrogens is 2. The molecule has 0 aromatic carbocycles. The van der Waals surface area contributed by atoms with Crippen LogP contribution in [0.3, 0.4) is 0 Å². The van der Waals surface area contributed by atoms with Gasteiger partial charge in [-0.3, -0.25) is 0 Å². The average Bonchev–Trinajstić information content (AvgIpc) is 2.64. The molecule has 0 saturated carbocycles. The second-order valence-electron chi connectivity index (χ2n) is 2.70. The van der Waals surface area contributed by atoms with Crippen molar-refractivity contribution >= 4 is 50.6 Å². The lowest BCUT2D eigenvalue weighted by atomic mass is 10.5.